The minimum absolute atomic E-state index is 0.190. The lowest BCUT2D eigenvalue weighted by atomic mass is 9.93. The molecule has 2 unspecified atom stereocenters. The average Bonchev–Trinajstić information content (AvgIpc) is 3.04. The van der Waals surface area contributed by atoms with Crippen LogP contribution in [0.5, 0.6) is 5.75 Å². The summed E-state index contributed by atoms with van der Waals surface area (Å²) in [6, 6.07) is 16.9. The molecule has 0 aromatic heterocycles. The van der Waals surface area contributed by atoms with E-state index in [0.717, 1.165) is 11.3 Å². The molecule has 2 atom stereocenters. The molecule has 1 aliphatic heterocycles. The molecule has 0 saturated heterocycles. The first-order chi connectivity index (χ1) is 11.6. The van der Waals surface area contributed by atoms with E-state index in [-0.39, 0.29) is 23.6 Å². The van der Waals surface area contributed by atoms with E-state index in [1.165, 1.54) is 5.56 Å². The summed E-state index contributed by atoms with van der Waals surface area (Å²) in [5, 5.41) is 13.4. The van der Waals surface area contributed by atoms with Gasteiger partial charge in [0.15, 0.2) is 0 Å². The maximum absolute atomic E-state index is 12.3. The van der Waals surface area contributed by atoms with Crippen LogP contribution in [0.1, 0.15) is 43.2 Å². The van der Waals surface area contributed by atoms with Crippen molar-refractivity contribution >= 4 is 11.5 Å². The summed E-state index contributed by atoms with van der Waals surface area (Å²) in [5.41, 5.74) is 2.92. The molecule has 2 aromatic carbocycles. The normalized spacial score (nSPS) is 17.9. The van der Waals surface area contributed by atoms with Crippen LogP contribution < -0.4 is 0 Å². The second kappa shape index (κ2) is 7.30. The number of phenols is 1. The molecule has 1 aliphatic rings. The highest BCUT2D eigenvalue weighted by Crippen LogP contribution is 2.24. The fourth-order valence-corrected chi connectivity index (χ4v) is 2.94. The van der Waals surface area contributed by atoms with Crippen LogP contribution in [-0.2, 0) is 9.63 Å². The number of ketones is 1. The van der Waals surface area contributed by atoms with Crippen LogP contribution in [0, 0.1) is 0 Å². The van der Waals surface area contributed by atoms with Gasteiger partial charge in [-0.05, 0) is 41.3 Å². The van der Waals surface area contributed by atoms with E-state index in [4.69, 9.17) is 4.84 Å². The molecule has 0 saturated carbocycles. The van der Waals surface area contributed by atoms with Crippen LogP contribution in [-0.4, -0.2) is 22.7 Å². The van der Waals surface area contributed by atoms with Crippen molar-refractivity contribution in [3.63, 3.8) is 0 Å². The van der Waals surface area contributed by atoms with E-state index in [1.54, 1.807) is 24.3 Å². The van der Waals surface area contributed by atoms with Gasteiger partial charge in [-0.25, -0.2) is 0 Å². The first-order valence-electron chi connectivity index (χ1n) is 8.20. The van der Waals surface area contributed by atoms with E-state index in [1.807, 2.05) is 18.2 Å². The topological polar surface area (TPSA) is 58.9 Å². The summed E-state index contributed by atoms with van der Waals surface area (Å²) in [5.74, 6) is 0.621. The Labute approximate surface area is 141 Å². The Morgan fingerprint density at radius 2 is 1.92 bits per heavy atom. The Hall–Kier alpha value is -2.62. The second-order valence-electron chi connectivity index (χ2n) is 6.28. The van der Waals surface area contributed by atoms with E-state index >= 15 is 0 Å². The second-order valence-corrected chi connectivity index (χ2v) is 6.28. The largest absolute Gasteiger partial charge is 0.508 e. The number of nitrogens with zero attached hydrogens (tertiary/aromatic N) is 1. The van der Waals surface area contributed by atoms with Crippen molar-refractivity contribution in [2.24, 2.45) is 5.16 Å². The van der Waals surface area contributed by atoms with Crippen LogP contribution in [0.2, 0.25) is 0 Å². The first-order valence-corrected chi connectivity index (χ1v) is 8.20. The lowest BCUT2D eigenvalue weighted by Gasteiger charge is -2.12. The number of aromatic hydroxyl groups is 1. The van der Waals surface area contributed by atoms with Gasteiger partial charge in [0.25, 0.3) is 0 Å². The molecule has 0 amide bonds. The maximum atomic E-state index is 12.3. The van der Waals surface area contributed by atoms with Gasteiger partial charge in [-0.2, -0.15) is 0 Å². The summed E-state index contributed by atoms with van der Waals surface area (Å²) < 4.78 is 0. The van der Waals surface area contributed by atoms with Crippen molar-refractivity contribution in [2.75, 3.05) is 0 Å². The van der Waals surface area contributed by atoms with Crippen LogP contribution in [0.15, 0.2) is 59.8 Å². The molecule has 0 bridgehead atoms. The minimum atomic E-state index is -0.190. The van der Waals surface area contributed by atoms with Gasteiger partial charge in [0.05, 0.1) is 5.71 Å². The molecule has 4 heteroatoms. The zero-order valence-electron chi connectivity index (χ0n) is 13.7. The van der Waals surface area contributed by atoms with Gasteiger partial charge in [-0.1, -0.05) is 42.4 Å². The van der Waals surface area contributed by atoms with Crippen molar-refractivity contribution in [1.29, 1.82) is 0 Å². The third kappa shape index (κ3) is 4.02. The zero-order valence-corrected chi connectivity index (χ0v) is 13.7. The van der Waals surface area contributed by atoms with E-state index in [0.29, 0.717) is 19.3 Å². The zero-order chi connectivity index (χ0) is 16.9. The van der Waals surface area contributed by atoms with Gasteiger partial charge in [-0.15, -0.1) is 0 Å². The molecular weight excluding hydrogens is 302 g/mol. The van der Waals surface area contributed by atoms with Crippen molar-refractivity contribution in [1.82, 2.24) is 0 Å². The molecule has 1 heterocycles. The third-order valence-corrected chi connectivity index (χ3v) is 4.29. The smallest absolute Gasteiger partial charge is 0.140 e. The fourth-order valence-electron chi connectivity index (χ4n) is 2.94. The van der Waals surface area contributed by atoms with E-state index in [9.17, 15) is 9.90 Å². The molecule has 4 nitrogen and oxygen atoms in total. The molecule has 124 valence electrons. The van der Waals surface area contributed by atoms with Crippen LogP contribution >= 0.6 is 0 Å². The van der Waals surface area contributed by atoms with Gasteiger partial charge >= 0.3 is 0 Å². The highest BCUT2D eigenvalue weighted by molar-refractivity contribution is 6.01. The van der Waals surface area contributed by atoms with Gasteiger partial charge < -0.3 is 9.94 Å². The van der Waals surface area contributed by atoms with E-state index < -0.39 is 0 Å². The maximum Gasteiger partial charge on any atom is 0.140 e. The van der Waals surface area contributed by atoms with Crippen LogP contribution in [0.4, 0.5) is 0 Å². The lowest BCUT2D eigenvalue weighted by Crippen LogP contribution is -2.16. The summed E-state index contributed by atoms with van der Waals surface area (Å²) in [6.07, 6.45) is 1.32. The molecule has 1 N–H and O–H groups in total. The Balaban J connectivity index is 1.51. The highest BCUT2D eigenvalue weighted by Gasteiger charge is 2.25. The predicted octanol–water partition coefficient (Wildman–Crippen LogP) is 4.04. The van der Waals surface area contributed by atoms with Gasteiger partial charge in [0.2, 0.25) is 0 Å². The number of carbonyl (C=O) groups is 1. The number of hydrogen-bond acceptors (Lipinski definition) is 4. The Morgan fingerprint density at radius 1 is 1.21 bits per heavy atom. The number of phenolic OH excluding ortho intramolecular Hbond substituents is 1. The molecule has 0 radical (unpaired) electrons. The summed E-state index contributed by atoms with van der Waals surface area (Å²) >= 11 is 0. The first kappa shape index (κ1) is 16.2. The average molecular weight is 323 g/mol. The molecule has 0 fully saturated rings. The standard InChI is InChI=1S/C20H21NO3/c1-14(15-5-3-2-4-6-15)11-18(23)12-19-13-20(21-24-19)16-7-9-17(22)10-8-16/h2-10,14,19,22H,11-13H2,1H3. The predicted molar refractivity (Wildman–Crippen MR) is 93.2 cm³/mol. The number of oxime groups is 1. The number of carbonyl (C=O) groups excluding carboxylic acids is 1. The molecule has 3 rings (SSSR count). The molecule has 24 heavy (non-hydrogen) atoms. The van der Waals surface area contributed by atoms with Crippen molar-refractivity contribution in [2.45, 2.75) is 38.2 Å². The Morgan fingerprint density at radius 3 is 2.62 bits per heavy atom. The Bertz CT molecular complexity index is 722. The van der Waals surface area contributed by atoms with Gasteiger partial charge in [-0.3, -0.25) is 4.79 Å². The number of rotatable bonds is 6. The molecule has 2 aromatic rings. The Kier molecular flexibility index (Phi) is 4.94. The lowest BCUT2D eigenvalue weighted by molar-refractivity contribution is -0.121. The monoisotopic (exact) mass is 323 g/mol. The molecular formula is C20H21NO3. The number of Topliss-reactive ketones (excluding diaryl/α,β-unsaturated/α-hetero) is 1. The van der Waals surface area contributed by atoms with Gasteiger partial charge in [0, 0.05) is 19.3 Å². The van der Waals surface area contributed by atoms with Crippen molar-refractivity contribution in [3.05, 3.63) is 65.7 Å². The minimum Gasteiger partial charge on any atom is -0.508 e. The van der Waals surface area contributed by atoms with Crippen molar-refractivity contribution in [3.8, 4) is 5.75 Å². The fraction of sp³-hybridized carbons (Fsp3) is 0.300. The summed E-state index contributed by atoms with van der Waals surface area (Å²) in [7, 11) is 0. The van der Waals surface area contributed by atoms with E-state index in [2.05, 4.69) is 24.2 Å². The van der Waals surface area contributed by atoms with Gasteiger partial charge in [0.1, 0.15) is 17.6 Å². The highest BCUT2D eigenvalue weighted by atomic mass is 16.6. The quantitative estimate of drug-likeness (QED) is 0.873. The summed E-state index contributed by atoms with van der Waals surface area (Å²) in [6.45, 7) is 2.07. The van der Waals surface area contributed by atoms with Crippen LogP contribution in [0.3, 0.4) is 0 Å². The van der Waals surface area contributed by atoms with Crippen molar-refractivity contribution < 1.29 is 14.7 Å². The molecule has 0 spiro atoms. The SMILES string of the molecule is CC(CC(=O)CC1CC(c2ccc(O)cc2)=NO1)c1ccccc1. The number of hydrogen-bond donors (Lipinski definition) is 1. The number of benzene rings is 2. The molecule has 0 aliphatic carbocycles. The van der Waals surface area contributed by atoms with Crippen LogP contribution in [0.25, 0.3) is 0 Å². The summed E-state index contributed by atoms with van der Waals surface area (Å²) in [4.78, 5) is 17.7. The third-order valence-electron chi connectivity index (χ3n) is 4.29.